The number of fused-ring (bicyclic) bond motifs is 5. The predicted octanol–water partition coefficient (Wildman–Crippen LogP) is 2.65. The van der Waals surface area contributed by atoms with Crippen LogP contribution in [-0.4, -0.2) is 29.3 Å². The number of nitrogens with one attached hydrogen (secondary N) is 1. The molecule has 2 N–H and O–H groups in total. The van der Waals surface area contributed by atoms with E-state index in [0.29, 0.717) is 6.04 Å². The molecule has 3 aliphatic carbocycles. The Bertz CT molecular complexity index is 491. The molecule has 0 aromatic carbocycles. The molecule has 0 aliphatic heterocycles. The number of nitrogens with zero attached hydrogens (tertiary/aromatic N) is 1. The molecule has 0 amide bonds. The van der Waals surface area contributed by atoms with E-state index in [1.54, 1.807) is 0 Å². The van der Waals surface area contributed by atoms with E-state index in [-0.39, 0.29) is 12.5 Å². The van der Waals surface area contributed by atoms with E-state index in [1.807, 2.05) is 18.3 Å². The molecule has 3 fully saturated rings. The minimum absolute atomic E-state index is 0.246. The lowest BCUT2D eigenvalue weighted by molar-refractivity contribution is 0.182. The molecule has 3 heteroatoms. The summed E-state index contributed by atoms with van der Waals surface area (Å²) in [5.41, 5.74) is 1.09. The molecule has 3 saturated carbocycles. The van der Waals surface area contributed by atoms with Gasteiger partial charge in [-0.15, -0.1) is 0 Å². The number of aliphatic hydroxyl groups excluding tert-OH is 1. The molecule has 6 atom stereocenters. The quantitative estimate of drug-likeness (QED) is 0.849. The van der Waals surface area contributed by atoms with Crippen molar-refractivity contribution in [2.45, 2.75) is 44.6 Å². The van der Waals surface area contributed by atoms with Gasteiger partial charge in [0.05, 0.1) is 0 Å². The maximum absolute atomic E-state index is 9.68. The number of aliphatic hydroxyl groups is 1. The molecule has 3 aliphatic rings. The fraction of sp³-hybridized carbons (Fsp3) is 0.737. The SMILES string of the molecule is OC[C@H](CN[C@@H]1C[C@H]2C[C@H]1[C@@H]1CCC[C@@H]21)Cc1ccccn1. The summed E-state index contributed by atoms with van der Waals surface area (Å²) in [6.45, 7) is 1.18. The second kappa shape index (κ2) is 6.29. The zero-order valence-corrected chi connectivity index (χ0v) is 13.3. The second-order valence-corrected chi connectivity index (χ2v) is 7.74. The van der Waals surface area contributed by atoms with Crippen LogP contribution in [0, 0.1) is 29.6 Å². The molecule has 120 valence electrons. The van der Waals surface area contributed by atoms with Crippen LogP contribution in [0.3, 0.4) is 0 Å². The van der Waals surface area contributed by atoms with E-state index in [9.17, 15) is 5.11 Å². The molecule has 0 spiro atoms. The number of pyridine rings is 1. The Morgan fingerprint density at radius 3 is 2.91 bits per heavy atom. The van der Waals surface area contributed by atoms with Crippen molar-refractivity contribution in [1.29, 1.82) is 0 Å². The van der Waals surface area contributed by atoms with Crippen LogP contribution in [0.4, 0.5) is 0 Å². The first kappa shape index (κ1) is 14.6. The van der Waals surface area contributed by atoms with Gasteiger partial charge in [-0.2, -0.15) is 0 Å². The molecule has 3 nitrogen and oxygen atoms in total. The molecule has 0 unspecified atom stereocenters. The second-order valence-electron chi connectivity index (χ2n) is 7.74. The summed E-state index contributed by atoms with van der Waals surface area (Å²) in [6.07, 6.45) is 10.0. The van der Waals surface area contributed by atoms with E-state index in [2.05, 4.69) is 16.4 Å². The van der Waals surface area contributed by atoms with Crippen LogP contribution in [-0.2, 0) is 6.42 Å². The molecule has 1 aromatic rings. The van der Waals surface area contributed by atoms with Crippen LogP contribution >= 0.6 is 0 Å². The first-order valence-corrected chi connectivity index (χ1v) is 9.09. The van der Waals surface area contributed by atoms with Gasteiger partial charge in [0, 0.05) is 31.1 Å². The lowest BCUT2D eigenvalue weighted by Crippen LogP contribution is -2.42. The normalized spacial score (nSPS) is 37.4. The fourth-order valence-corrected chi connectivity index (χ4v) is 5.64. The molecule has 0 saturated heterocycles. The van der Waals surface area contributed by atoms with E-state index >= 15 is 0 Å². The van der Waals surface area contributed by atoms with Crippen LogP contribution < -0.4 is 5.32 Å². The number of aromatic nitrogens is 1. The molecule has 1 heterocycles. The largest absolute Gasteiger partial charge is 0.396 e. The number of hydrogen-bond donors (Lipinski definition) is 2. The Hall–Kier alpha value is -0.930. The fourth-order valence-electron chi connectivity index (χ4n) is 5.64. The van der Waals surface area contributed by atoms with Crippen molar-refractivity contribution in [3.63, 3.8) is 0 Å². The summed E-state index contributed by atoms with van der Waals surface area (Å²) in [5, 5.41) is 13.5. The van der Waals surface area contributed by atoms with Crippen LogP contribution in [0.15, 0.2) is 24.4 Å². The minimum atomic E-state index is 0.246. The molecule has 0 radical (unpaired) electrons. The van der Waals surface area contributed by atoms with Crippen molar-refractivity contribution >= 4 is 0 Å². The predicted molar refractivity (Wildman–Crippen MR) is 87.4 cm³/mol. The van der Waals surface area contributed by atoms with Crippen molar-refractivity contribution in [2.75, 3.05) is 13.2 Å². The first-order valence-electron chi connectivity index (χ1n) is 9.09. The number of hydrogen-bond acceptors (Lipinski definition) is 3. The summed E-state index contributed by atoms with van der Waals surface area (Å²) in [5.74, 6) is 4.28. The van der Waals surface area contributed by atoms with Crippen LogP contribution in [0.25, 0.3) is 0 Å². The third kappa shape index (κ3) is 2.69. The monoisotopic (exact) mass is 300 g/mol. The first-order chi connectivity index (χ1) is 10.8. The molecule has 1 aromatic heterocycles. The van der Waals surface area contributed by atoms with Gasteiger partial charge in [0.2, 0.25) is 0 Å². The Balaban J connectivity index is 1.31. The van der Waals surface area contributed by atoms with E-state index in [4.69, 9.17) is 0 Å². The van der Waals surface area contributed by atoms with Gasteiger partial charge in [0.15, 0.2) is 0 Å². The van der Waals surface area contributed by atoms with E-state index in [0.717, 1.165) is 42.3 Å². The highest BCUT2D eigenvalue weighted by Crippen LogP contribution is 2.58. The lowest BCUT2D eigenvalue weighted by atomic mass is 9.79. The third-order valence-electron chi connectivity index (χ3n) is 6.58. The summed E-state index contributed by atoms with van der Waals surface area (Å²) in [7, 11) is 0. The maximum atomic E-state index is 9.68. The molecular weight excluding hydrogens is 272 g/mol. The van der Waals surface area contributed by atoms with Crippen LogP contribution in [0.2, 0.25) is 0 Å². The summed E-state index contributed by atoms with van der Waals surface area (Å²) in [4.78, 5) is 4.39. The van der Waals surface area contributed by atoms with Gasteiger partial charge in [-0.1, -0.05) is 12.5 Å². The molecule has 4 rings (SSSR count). The van der Waals surface area contributed by atoms with E-state index in [1.165, 1.54) is 32.1 Å². The molecular formula is C19H28N2O. The van der Waals surface area contributed by atoms with Gasteiger partial charge in [-0.3, -0.25) is 4.98 Å². The van der Waals surface area contributed by atoms with Gasteiger partial charge in [-0.05, 0) is 73.8 Å². The molecule has 2 bridgehead atoms. The van der Waals surface area contributed by atoms with Crippen LogP contribution in [0.5, 0.6) is 0 Å². The lowest BCUT2D eigenvalue weighted by Gasteiger charge is -2.33. The maximum Gasteiger partial charge on any atom is 0.0475 e. The average Bonchev–Trinajstić information content (AvgIpc) is 3.24. The molecule has 22 heavy (non-hydrogen) atoms. The zero-order chi connectivity index (χ0) is 14.9. The Morgan fingerprint density at radius 2 is 2.09 bits per heavy atom. The third-order valence-corrected chi connectivity index (χ3v) is 6.58. The Morgan fingerprint density at radius 1 is 1.18 bits per heavy atom. The number of rotatable bonds is 6. The van der Waals surface area contributed by atoms with Crippen molar-refractivity contribution in [3.05, 3.63) is 30.1 Å². The van der Waals surface area contributed by atoms with Gasteiger partial charge < -0.3 is 10.4 Å². The highest BCUT2D eigenvalue weighted by molar-refractivity contribution is 5.07. The summed E-state index contributed by atoms with van der Waals surface area (Å²) >= 11 is 0. The summed E-state index contributed by atoms with van der Waals surface area (Å²) in [6, 6.07) is 6.74. The topological polar surface area (TPSA) is 45.1 Å². The van der Waals surface area contributed by atoms with Gasteiger partial charge in [0.1, 0.15) is 0 Å². The van der Waals surface area contributed by atoms with Crippen molar-refractivity contribution in [1.82, 2.24) is 10.3 Å². The minimum Gasteiger partial charge on any atom is -0.396 e. The van der Waals surface area contributed by atoms with E-state index < -0.39 is 0 Å². The average molecular weight is 300 g/mol. The zero-order valence-electron chi connectivity index (χ0n) is 13.3. The van der Waals surface area contributed by atoms with Crippen molar-refractivity contribution < 1.29 is 5.11 Å². The van der Waals surface area contributed by atoms with Gasteiger partial charge in [0.25, 0.3) is 0 Å². The summed E-state index contributed by atoms with van der Waals surface area (Å²) < 4.78 is 0. The van der Waals surface area contributed by atoms with Crippen molar-refractivity contribution in [3.8, 4) is 0 Å². The highest BCUT2D eigenvalue weighted by atomic mass is 16.3. The van der Waals surface area contributed by atoms with Crippen molar-refractivity contribution in [2.24, 2.45) is 29.6 Å². The standard InChI is InChI=1S/C19H28N2O/c22-12-13(8-15-4-1-2-7-20-15)11-21-19-10-14-9-18(19)17-6-3-5-16(14)17/h1-2,4,7,13-14,16-19,21-22H,3,5-6,8-12H2/t13-,14+,16-,17+,18-,19+/m0/s1. The van der Waals surface area contributed by atoms with Crippen LogP contribution in [0.1, 0.15) is 37.8 Å². The Kier molecular flexibility index (Phi) is 4.19. The van der Waals surface area contributed by atoms with Gasteiger partial charge in [-0.25, -0.2) is 0 Å². The highest BCUT2D eigenvalue weighted by Gasteiger charge is 2.53. The van der Waals surface area contributed by atoms with Gasteiger partial charge >= 0.3 is 0 Å². The smallest absolute Gasteiger partial charge is 0.0475 e. The Labute approximate surface area is 133 Å².